The molecule has 1 atom stereocenters. The largest absolute Gasteiger partial charge is 0.487 e. The Bertz CT molecular complexity index is 866. The molecule has 1 aliphatic heterocycles. The van der Waals surface area contributed by atoms with Crippen LogP contribution in [0.3, 0.4) is 0 Å². The Balaban J connectivity index is 1.77. The highest BCUT2D eigenvalue weighted by molar-refractivity contribution is 5.85. The van der Waals surface area contributed by atoms with Crippen molar-refractivity contribution in [2.75, 3.05) is 6.61 Å². The van der Waals surface area contributed by atoms with Crippen LogP contribution in [-0.4, -0.2) is 11.2 Å². The topological polar surface area (TPSA) is 43.8 Å². The maximum Gasteiger partial charge on any atom is 0.253 e. The number of aromatic nitrogens is 1. The SMILES string of the molecule is O=c1ccc2cccc(OCc3ccccc3)c2n1[C@@H]1CO1. The Morgan fingerprint density at radius 1 is 1.05 bits per heavy atom. The van der Waals surface area contributed by atoms with Crippen molar-refractivity contribution in [2.24, 2.45) is 0 Å². The number of hydrogen-bond donors (Lipinski definition) is 0. The van der Waals surface area contributed by atoms with Crippen LogP contribution in [0.25, 0.3) is 10.9 Å². The quantitative estimate of drug-likeness (QED) is 0.694. The molecule has 0 bridgehead atoms. The summed E-state index contributed by atoms with van der Waals surface area (Å²) in [5, 5.41) is 0.973. The lowest BCUT2D eigenvalue weighted by molar-refractivity contribution is 0.305. The molecule has 4 heteroatoms. The van der Waals surface area contributed by atoms with Crippen LogP contribution in [0.5, 0.6) is 5.75 Å². The summed E-state index contributed by atoms with van der Waals surface area (Å²) in [6.45, 7) is 1.04. The average molecular weight is 293 g/mol. The minimum atomic E-state index is -0.169. The molecule has 0 unspecified atom stereocenters. The molecule has 2 heterocycles. The lowest BCUT2D eigenvalue weighted by atomic mass is 10.2. The van der Waals surface area contributed by atoms with E-state index in [9.17, 15) is 4.79 Å². The first-order chi connectivity index (χ1) is 10.8. The Hall–Kier alpha value is -2.59. The third-order valence-electron chi connectivity index (χ3n) is 3.75. The zero-order chi connectivity index (χ0) is 14.9. The molecule has 4 rings (SSSR count). The van der Waals surface area contributed by atoms with Crippen LogP contribution in [-0.2, 0) is 11.3 Å². The highest BCUT2D eigenvalue weighted by Crippen LogP contribution is 2.31. The van der Waals surface area contributed by atoms with E-state index in [2.05, 4.69) is 0 Å². The lowest BCUT2D eigenvalue weighted by Gasteiger charge is -2.13. The van der Waals surface area contributed by atoms with Gasteiger partial charge in [0.2, 0.25) is 0 Å². The highest BCUT2D eigenvalue weighted by Gasteiger charge is 2.28. The summed E-state index contributed by atoms with van der Waals surface area (Å²) in [6.07, 6.45) is -0.169. The van der Waals surface area contributed by atoms with Crippen molar-refractivity contribution in [3.05, 3.63) is 76.6 Å². The van der Waals surface area contributed by atoms with Crippen LogP contribution in [0, 0.1) is 0 Å². The smallest absolute Gasteiger partial charge is 0.253 e. The van der Waals surface area contributed by atoms with E-state index in [0.29, 0.717) is 19.0 Å². The molecule has 110 valence electrons. The van der Waals surface area contributed by atoms with Gasteiger partial charge in [0.15, 0.2) is 6.23 Å². The van der Waals surface area contributed by atoms with Gasteiger partial charge in [-0.15, -0.1) is 0 Å². The van der Waals surface area contributed by atoms with Crippen molar-refractivity contribution in [3.8, 4) is 5.75 Å². The molecule has 1 fully saturated rings. The maximum atomic E-state index is 12.2. The van der Waals surface area contributed by atoms with Crippen LogP contribution in [0.4, 0.5) is 0 Å². The van der Waals surface area contributed by atoms with E-state index in [1.54, 1.807) is 10.6 Å². The number of ether oxygens (including phenoxy) is 2. The fraction of sp³-hybridized carbons (Fsp3) is 0.167. The Kier molecular flexibility index (Phi) is 3.16. The number of pyridine rings is 1. The predicted octanol–water partition coefficient (Wildman–Crippen LogP) is 3.11. The second-order valence-electron chi connectivity index (χ2n) is 5.30. The Morgan fingerprint density at radius 2 is 1.86 bits per heavy atom. The predicted molar refractivity (Wildman–Crippen MR) is 84.0 cm³/mol. The summed E-state index contributed by atoms with van der Waals surface area (Å²) < 4.78 is 12.9. The van der Waals surface area contributed by atoms with E-state index in [4.69, 9.17) is 9.47 Å². The molecule has 1 aromatic heterocycles. The van der Waals surface area contributed by atoms with Crippen molar-refractivity contribution < 1.29 is 9.47 Å². The van der Waals surface area contributed by atoms with Gasteiger partial charge in [-0.05, 0) is 17.7 Å². The van der Waals surface area contributed by atoms with Gasteiger partial charge >= 0.3 is 0 Å². The van der Waals surface area contributed by atoms with Crippen LogP contribution < -0.4 is 10.3 Å². The lowest BCUT2D eigenvalue weighted by Crippen LogP contribution is -2.19. The van der Waals surface area contributed by atoms with Crippen LogP contribution in [0.15, 0.2) is 65.5 Å². The number of epoxide rings is 1. The zero-order valence-corrected chi connectivity index (χ0v) is 11.9. The van der Waals surface area contributed by atoms with Gasteiger partial charge in [0, 0.05) is 11.5 Å². The van der Waals surface area contributed by atoms with Crippen molar-refractivity contribution >= 4 is 10.9 Å². The average Bonchev–Trinajstić information content (AvgIpc) is 3.38. The van der Waals surface area contributed by atoms with Gasteiger partial charge in [-0.1, -0.05) is 42.5 Å². The standard InChI is InChI=1S/C18H15NO3/c20-16-10-9-14-7-4-8-15(18(14)19(16)17-12-22-17)21-11-13-5-2-1-3-6-13/h1-10,17H,11-12H2/t17-/m0/s1. The van der Waals surface area contributed by atoms with Crippen molar-refractivity contribution in [1.82, 2.24) is 4.57 Å². The number of fused-ring (bicyclic) bond motifs is 1. The monoisotopic (exact) mass is 293 g/mol. The molecule has 3 aromatic rings. The van der Waals surface area contributed by atoms with E-state index in [0.717, 1.165) is 16.5 Å². The number of hydrogen-bond acceptors (Lipinski definition) is 3. The molecule has 1 saturated heterocycles. The van der Waals surface area contributed by atoms with Crippen LogP contribution in [0.2, 0.25) is 0 Å². The van der Waals surface area contributed by atoms with Gasteiger partial charge in [-0.2, -0.15) is 0 Å². The van der Waals surface area contributed by atoms with E-state index in [1.807, 2.05) is 54.6 Å². The summed E-state index contributed by atoms with van der Waals surface area (Å²) in [7, 11) is 0. The molecule has 0 saturated carbocycles. The van der Waals surface area contributed by atoms with E-state index < -0.39 is 0 Å². The summed E-state index contributed by atoms with van der Waals surface area (Å²) in [5.41, 5.74) is 1.83. The third-order valence-corrected chi connectivity index (χ3v) is 3.75. The molecular weight excluding hydrogens is 278 g/mol. The van der Waals surface area contributed by atoms with Gasteiger partial charge in [0.1, 0.15) is 12.4 Å². The fourth-order valence-electron chi connectivity index (χ4n) is 2.61. The van der Waals surface area contributed by atoms with Crippen LogP contribution >= 0.6 is 0 Å². The molecule has 1 aliphatic rings. The number of para-hydroxylation sites is 1. The Morgan fingerprint density at radius 3 is 2.64 bits per heavy atom. The van der Waals surface area contributed by atoms with E-state index >= 15 is 0 Å². The van der Waals surface area contributed by atoms with E-state index in [-0.39, 0.29) is 11.8 Å². The second kappa shape index (κ2) is 5.31. The van der Waals surface area contributed by atoms with Crippen molar-refractivity contribution in [3.63, 3.8) is 0 Å². The zero-order valence-electron chi connectivity index (χ0n) is 11.9. The van der Waals surface area contributed by atoms with Gasteiger partial charge in [0.25, 0.3) is 5.56 Å². The number of rotatable bonds is 4. The molecular formula is C18H15NO3. The van der Waals surface area contributed by atoms with Gasteiger partial charge in [-0.3, -0.25) is 9.36 Å². The van der Waals surface area contributed by atoms with Crippen molar-refractivity contribution in [2.45, 2.75) is 12.8 Å². The molecule has 22 heavy (non-hydrogen) atoms. The molecule has 0 radical (unpaired) electrons. The number of benzene rings is 2. The fourth-order valence-corrected chi connectivity index (χ4v) is 2.61. The molecule has 0 amide bonds. The first kappa shape index (κ1) is 13.1. The minimum Gasteiger partial charge on any atom is -0.487 e. The molecule has 0 N–H and O–H groups in total. The van der Waals surface area contributed by atoms with E-state index in [1.165, 1.54) is 0 Å². The first-order valence-electron chi connectivity index (χ1n) is 7.25. The summed E-state index contributed by atoms with van der Waals surface area (Å²) >= 11 is 0. The second-order valence-corrected chi connectivity index (χ2v) is 5.30. The molecule has 2 aromatic carbocycles. The summed E-state index contributed by atoms with van der Waals surface area (Å²) in [4.78, 5) is 12.2. The van der Waals surface area contributed by atoms with Gasteiger partial charge in [-0.25, -0.2) is 0 Å². The van der Waals surface area contributed by atoms with Gasteiger partial charge < -0.3 is 9.47 Å². The first-order valence-corrected chi connectivity index (χ1v) is 7.25. The number of nitrogens with zero attached hydrogens (tertiary/aromatic N) is 1. The molecule has 4 nitrogen and oxygen atoms in total. The minimum absolute atomic E-state index is 0.0641. The Labute approximate surface area is 127 Å². The summed E-state index contributed by atoms with van der Waals surface area (Å²) in [5.74, 6) is 0.703. The molecule has 0 spiro atoms. The van der Waals surface area contributed by atoms with Gasteiger partial charge in [0.05, 0.1) is 12.1 Å². The summed E-state index contributed by atoms with van der Waals surface area (Å²) in [6, 6.07) is 19.2. The normalized spacial score (nSPS) is 16.6. The van der Waals surface area contributed by atoms with Crippen molar-refractivity contribution in [1.29, 1.82) is 0 Å². The highest BCUT2D eigenvalue weighted by atomic mass is 16.6. The molecule has 0 aliphatic carbocycles. The maximum absolute atomic E-state index is 12.2. The third kappa shape index (κ3) is 2.38. The van der Waals surface area contributed by atoms with Crippen LogP contribution in [0.1, 0.15) is 11.8 Å².